The van der Waals surface area contributed by atoms with Crippen LogP contribution in [0.3, 0.4) is 0 Å². The van der Waals surface area contributed by atoms with Gasteiger partial charge in [-0.25, -0.2) is 8.42 Å². The summed E-state index contributed by atoms with van der Waals surface area (Å²) in [5, 5.41) is 8.99. The van der Waals surface area contributed by atoms with Crippen LogP contribution in [0.1, 0.15) is 97.3 Å². The maximum absolute atomic E-state index is 11.3. The molecule has 0 aromatic rings. The zero-order valence-electron chi connectivity index (χ0n) is 15.4. The molecule has 0 radical (unpaired) electrons. The molecule has 0 aromatic carbocycles. The first-order chi connectivity index (χ1) is 10.4. The molecule has 23 heavy (non-hydrogen) atoms. The molecule has 0 aliphatic carbocycles. The van der Waals surface area contributed by atoms with Gasteiger partial charge < -0.3 is 9.66 Å². The molecule has 0 saturated carbocycles. The molecular formula is C17H35KO4S. The van der Waals surface area contributed by atoms with Crippen molar-refractivity contribution in [2.75, 3.05) is 0 Å². The summed E-state index contributed by atoms with van der Waals surface area (Å²) in [5.74, 6) is 0. The van der Waals surface area contributed by atoms with E-state index in [2.05, 4.69) is 13.8 Å². The Labute approximate surface area is 186 Å². The predicted molar refractivity (Wildman–Crippen MR) is 90.9 cm³/mol. The Hall–Kier alpha value is 1.51. The average molecular weight is 375 g/mol. The van der Waals surface area contributed by atoms with Gasteiger partial charge >= 0.3 is 51.4 Å². The molecule has 1 N–H and O–H groups in total. The van der Waals surface area contributed by atoms with Gasteiger partial charge in [-0.3, -0.25) is 0 Å². The Morgan fingerprint density at radius 3 is 1.78 bits per heavy atom. The molecule has 0 spiro atoms. The Morgan fingerprint density at radius 1 is 0.826 bits per heavy atom. The number of unbranched alkanes of at least 4 members (excludes halogenated alkanes) is 8. The van der Waals surface area contributed by atoms with E-state index in [1.165, 1.54) is 25.7 Å². The Balaban J connectivity index is 0. The molecule has 0 aromatic heterocycles. The van der Waals surface area contributed by atoms with E-state index >= 15 is 0 Å². The van der Waals surface area contributed by atoms with Crippen molar-refractivity contribution in [3.63, 3.8) is 0 Å². The molecule has 0 bridgehead atoms. The van der Waals surface area contributed by atoms with Gasteiger partial charge in [0.15, 0.2) is 0 Å². The minimum Gasteiger partial charge on any atom is -0.748 e. The van der Waals surface area contributed by atoms with Crippen LogP contribution in [-0.2, 0) is 10.1 Å². The summed E-state index contributed by atoms with van der Waals surface area (Å²) in [6, 6.07) is 0. The second kappa shape index (κ2) is 16.9. The van der Waals surface area contributed by atoms with Crippen molar-refractivity contribution in [1.29, 1.82) is 0 Å². The average Bonchev–Trinajstić information content (AvgIpc) is 2.44. The van der Waals surface area contributed by atoms with Crippen LogP contribution in [-0.4, -0.2) is 29.4 Å². The topological polar surface area (TPSA) is 77.4 Å². The first-order valence-corrected chi connectivity index (χ1v) is 10.5. The van der Waals surface area contributed by atoms with Gasteiger partial charge in [0.2, 0.25) is 0 Å². The van der Waals surface area contributed by atoms with Crippen LogP contribution in [0.2, 0.25) is 0 Å². The number of aliphatic hydroxyl groups is 1. The zero-order valence-corrected chi connectivity index (χ0v) is 19.4. The minimum atomic E-state index is -4.30. The molecule has 0 rings (SSSR count). The molecule has 134 valence electrons. The Morgan fingerprint density at radius 2 is 1.26 bits per heavy atom. The molecule has 0 saturated heterocycles. The van der Waals surface area contributed by atoms with Crippen molar-refractivity contribution in [3.05, 3.63) is 0 Å². The minimum absolute atomic E-state index is 0. The molecule has 0 heterocycles. The van der Waals surface area contributed by atoms with E-state index in [0.717, 1.165) is 38.5 Å². The molecule has 0 aliphatic heterocycles. The first kappa shape index (κ1) is 26.7. The monoisotopic (exact) mass is 374 g/mol. The largest absolute Gasteiger partial charge is 1.00 e. The van der Waals surface area contributed by atoms with E-state index in [1.54, 1.807) is 0 Å². The van der Waals surface area contributed by atoms with E-state index in [0.29, 0.717) is 12.8 Å². The van der Waals surface area contributed by atoms with Crippen LogP contribution in [0.4, 0.5) is 0 Å². The van der Waals surface area contributed by atoms with Gasteiger partial charge in [0.25, 0.3) is 0 Å². The number of hydrogen-bond donors (Lipinski definition) is 1. The first-order valence-electron chi connectivity index (χ1n) is 9.04. The van der Waals surface area contributed by atoms with Crippen LogP contribution < -0.4 is 51.4 Å². The quantitative estimate of drug-likeness (QED) is 0.267. The van der Waals surface area contributed by atoms with Crippen molar-refractivity contribution in [1.82, 2.24) is 0 Å². The molecule has 0 amide bonds. The van der Waals surface area contributed by atoms with E-state index < -0.39 is 21.5 Å². The molecule has 2 unspecified atom stereocenters. The fourth-order valence-corrected chi connectivity index (χ4v) is 3.67. The van der Waals surface area contributed by atoms with E-state index in [-0.39, 0.29) is 57.8 Å². The molecule has 2 atom stereocenters. The van der Waals surface area contributed by atoms with Crippen LogP contribution in [0.15, 0.2) is 0 Å². The predicted octanol–water partition coefficient (Wildman–Crippen LogP) is 1.38. The van der Waals surface area contributed by atoms with Gasteiger partial charge in [0, 0.05) is 0 Å². The Bertz CT molecular complexity index is 347. The SMILES string of the molecule is CCCCCCCCCC(CC(O)CCCCC)S(=O)(=O)[O-].[K+]. The smallest absolute Gasteiger partial charge is 0.748 e. The molecule has 0 fully saturated rings. The summed E-state index contributed by atoms with van der Waals surface area (Å²) in [5.41, 5.74) is 0. The zero-order chi connectivity index (χ0) is 16.8. The summed E-state index contributed by atoms with van der Waals surface area (Å²) >= 11 is 0. The van der Waals surface area contributed by atoms with Crippen LogP contribution in [0.5, 0.6) is 0 Å². The maximum Gasteiger partial charge on any atom is 1.00 e. The van der Waals surface area contributed by atoms with Crippen LogP contribution >= 0.6 is 0 Å². The number of hydrogen-bond acceptors (Lipinski definition) is 4. The second-order valence-corrected chi connectivity index (χ2v) is 8.06. The van der Waals surface area contributed by atoms with Gasteiger partial charge in [-0.2, -0.15) is 0 Å². The van der Waals surface area contributed by atoms with Gasteiger partial charge in [-0.15, -0.1) is 0 Å². The molecule has 4 nitrogen and oxygen atoms in total. The fraction of sp³-hybridized carbons (Fsp3) is 1.00. The van der Waals surface area contributed by atoms with Gasteiger partial charge in [-0.1, -0.05) is 78.1 Å². The van der Waals surface area contributed by atoms with Crippen molar-refractivity contribution in [2.24, 2.45) is 0 Å². The number of rotatable bonds is 15. The summed E-state index contributed by atoms with van der Waals surface area (Å²) in [7, 11) is -4.30. The third kappa shape index (κ3) is 16.7. The Kier molecular flexibility index (Phi) is 19.7. The van der Waals surface area contributed by atoms with Crippen LogP contribution in [0.25, 0.3) is 0 Å². The maximum atomic E-state index is 11.3. The van der Waals surface area contributed by atoms with Gasteiger partial charge in [0.05, 0.1) is 21.5 Å². The van der Waals surface area contributed by atoms with Crippen molar-refractivity contribution in [2.45, 2.75) is 109 Å². The van der Waals surface area contributed by atoms with Crippen molar-refractivity contribution < 1.29 is 69.5 Å². The second-order valence-electron chi connectivity index (χ2n) is 6.41. The summed E-state index contributed by atoms with van der Waals surface area (Å²) in [6.07, 6.45) is 11.1. The summed E-state index contributed by atoms with van der Waals surface area (Å²) in [6.45, 7) is 4.26. The standard InChI is InChI=1S/C17H36O4S.K/c1-3-5-7-8-9-10-12-14-17(22(19,20)21)15-16(18)13-11-6-4-2;/h16-18H,3-15H2,1-2H3,(H,19,20,21);/q;+1/p-1. The third-order valence-corrected chi connectivity index (χ3v) is 5.46. The normalized spacial score (nSPS) is 14.3. The van der Waals surface area contributed by atoms with Gasteiger partial charge in [-0.05, 0) is 19.3 Å². The molecule has 6 heteroatoms. The van der Waals surface area contributed by atoms with E-state index in [1.807, 2.05) is 0 Å². The third-order valence-electron chi connectivity index (χ3n) is 4.21. The van der Waals surface area contributed by atoms with Crippen molar-refractivity contribution in [3.8, 4) is 0 Å². The summed E-state index contributed by atoms with van der Waals surface area (Å²) in [4.78, 5) is 0. The van der Waals surface area contributed by atoms with Crippen LogP contribution in [0, 0.1) is 0 Å². The summed E-state index contributed by atoms with van der Waals surface area (Å²) < 4.78 is 34.0. The van der Waals surface area contributed by atoms with Gasteiger partial charge in [0.1, 0.15) is 0 Å². The van der Waals surface area contributed by atoms with E-state index in [9.17, 15) is 18.1 Å². The van der Waals surface area contributed by atoms with E-state index in [4.69, 9.17) is 0 Å². The fourth-order valence-electron chi connectivity index (χ4n) is 2.76. The number of aliphatic hydroxyl groups excluding tert-OH is 1. The molecule has 0 aliphatic rings. The van der Waals surface area contributed by atoms with Crippen molar-refractivity contribution >= 4 is 10.1 Å². The molecular weight excluding hydrogens is 339 g/mol.